The average Bonchev–Trinajstić information content (AvgIpc) is 3.39. The van der Waals surface area contributed by atoms with Gasteiger partial charge in [0.15, 0.2) is 5.78 Å². The molecule has 0 saturated heterocycles. The number of thioether (sulfide) groups is 1. The molecule has 2 aromatic rings. The monoisotopic (exact) mass is 495 g/mol. The largest absolute Gasteiger partial charge is 0.390 e. The van der Waals surface area contributed by atoms with Crippen molar-refractivity contribution in [2.75, 3.05) is 6.26 Å². The van der Waals surface area contributed by atoms with Crippen LogP contribution >= 0.6 is 11.8 Å². The molecular formula is C29H41N3O2S. The van der Waals surface area contributed by atoms with Gasteiger partial charge in [0.05, 0.1) is 11.1 Å². The predicted molar refractivity (Wildman–Crippen MR) is 140 cm³/mol. The Morgan fingerprint density at radius 2 is 1.86 bits per heavy atom. The van der Waals surface area contributed by atoms with Gasteiger partial charge in [-0.25, -0.2) is 4.68 Å². The van der Waals surface area contributed by atoms with E-state index in [0.717, 1.165) is 48.6 Å². The predicted octanol–water partition coefficient (Wildman–Crippen LogP) is 6.13. The first-order valence-electron chi connectivity index (χ1n) is 13.8. The molecule has 1 N–H and O–H groups in total. The molecule has 35 heavy (non-hydrogen) atoms. The molecular weight excluding hydrogens is 454 g/mol. The van der Waals surface area contributed by atoms with Crippen LogP contribution < -0.4 is 0 Å². The number of carbonyl (C=O) groups excluding carboxylic acids is 1. The molecule has 1 aromatic heterocycles. The summed E-state index contributed by atoms with van der Waals surface area (Å²) in [5.41, 5.74) is 1.83. The van der Waals surface area contributed by atoms with E-state index >= 15 is 0 Å². The topological polar surface area (TPSA) is 68.0 Å². The second-order valence-corrected chi connectivity index (χ2v) is 14.0. The summed E-state index contributed by atoms with van der Waals surface area (Å²) in [6.07, 6.45) is 12.3. The normalized spacial score (nSPS) is 42.9. The van der Waals surface area contributed by atoms with Crippen molar-refractivity contribution in [3.63, 3.8) is 0 Å². The minimum absolute atomic E-state index is 0.114. The zero-order valence-corrected chi connectivity index (χ0v) is 22.6. The van der Waals surface area contributed by atoms with Gasteiger partial charge in [0.2, 0.25) is 0 Å². The third-order valence-electron chi connectivity index (χ3n) is 11.4. The molecule has 0 aliphatic heterocycles. The van der Waals surface area contributed by atoms with Crippen LogP contribution in [0.25, 0.3) is 11.0 Å². The van der Waals surface area contributed by atoms with E-state index in [1.807, 2.05) is 17.7 Å². The van der Waals surface area contributed by atoms with E-state index in [4.69, 9.17) is 0 Å². The lowest BCUT2D eigenvalue weighted by atomic mass is 9.44. The van der Waals surface area contributed by atoms with E-state index in [1.165, 1.54) is 37.0 Å². The summed E-state index contributed by atoms with van der Waals surface area (Å²) in [4.78, 5) is 14.9. The number of benzene rings is 1. The van der Waals surface area contributed by atoms with Crippen molar-refractivity contribution < 1.29 is 9.90 Å². The summed E-state index contributed by atoms with van der Waals surface area (Å²) in [6.45, 7) is 7.37. The maximum absolute atomic E-state index is 13.8. The number of nitrogens with zero attached hydrogens (tertiary/aromatic N) is 3. The van der Waals surface area contributed by atoms with Crippen molar-refractivity contribution in [3.8, 4) is 0 Å². The van der Waals surface area contributed by atoms with Crippen LogP contribution in [0.1, 0.15) is 78.6 Å². The van der Waals surface area contributed by atoms with E-state index in [0.29, 0.717) is 29.6 Å². The molecule has 4 fully saturated rings. The standard InChI is InChI=1S/C29H41N3O2S/c1-27(34)13-14-28(2)18(16-27)5-7-20-21-8-9-23(29(21,3)12-11-22(20)28)26(33)17-32-25-15-19(35-4)6-10-24(25)30-31-32/h6,10,15,18,20-23,34H,5,7-9,11-14,16-17H2,1-4H3/t18-,20-,21-,22-,23+,27+,28-,29-/m0/s1. The van der Waals surface area contributed by atoms with Crippen LogP contribution in [-0.2, 0) is 11.3 Å². The van der Waals surface area contributed by atoms with Crippen LogP contribution in [0.3, 0.4) is 0 Å². The van der Waals surface area contributed by atoms with Crippen LogP contribution in [0.2, 0.25) is 0 Å². The zero-order valence-electron chi connectivity index (χ0n) is 21.8. The first-order valence-corrected chi connectivity index (χ1v) is 15.0. The van der Waals surface area contributed by atoms with E-state index in [9.17, 15) is 9.90 Å². The minimum Gasteiger partial charge on any atom is -0.390 e. The number of rotatable bonds is 4. The number of ketones is 1. The van der Waals surface area contributed by atoms with Crippen molar-refractivity contribution in [2.24, 2.45) is 40.4 Å². The lowest BCUT2D eigenvalue weighted by Gasteiger charge is -2.61. The summed E-state index contributed by atoms with van der Waals surface area (Å²) >= 11 is 1.70. The Morgan fingerprint density at radius 1 is 1.06 bits per heavy atom. The van der Waals surface area contributed by atoms with Gasteiger partial charge in [-0.1, -0.05) is 19.1 Å². The molecule has 0 unspecified atom stereocenters. The fraction of sp³-hybridized carbons (Fsp3) is 0.759. The van der Waals surface area contributed by atoms with E-state index in [-0.39, 0.29) is 11.3 Å². The smallest absolute Gasteiger partial charge is 0.157 e. The lowest BCUT2D eigenvalue weighted by molar-refractivity contribution is -0.151. The molecule has 0 radical (unpaired) electrons. The molecule has 5 nitrogen and oxygen atoms in total. The van der Waals surface area contributed by atoms with Gasteiger partial charge >= 0.3 is 0 Å². The number of carbonyl (C=O) groups is 1. The van der Waals surface area contributed by atoms with E-state index in [2.05, 4.69) is 42.5 Å². The summed E-state index contributed by atoms with van der Waals surface area (Å²) in [7, 11) is 0. The maximum atomic E-state index is 13.8. The van der Waals surface area contributed by atoms with Crippen LogP contribution in [-0.4, -0.2) is 37.7 Å². The van der Waals surface area contributed by atoms with Gasteiger partial charge in [-0.05, 0) is 124 Å². The number of aliphatic hydroxyl groups is 1. The molecule has 6 heteroatoms. The Labute approximate surface area is 213 Å². The first kappa shape index (κ1) is 24.0. The molecule has 190 valence electrons. The Balaban J connectivity index is 1.22. The van der Waals surface area contributed by atoms with Gasteiger partial charge < -0.3 is 5.11 Å². The second-order valence-electron chi connectivity index (χ2n) is 13.1. The molecule has 1 heterocycles. The highest BCUT2D eigenvalue weighted by Crippen LogP contribution is 2.68. The third kappa shape index (κ3) is 3.72. The highest BCUT2D eigenvalue weighted by atomic mass is 32.2. The summed E-state index contributed by atoms with van der Waals surface area (Å²) in [5.74, 6) is 3.30. The van der Waals surface area contributed by atoms with Crippen molar-refractivity contribution in [2.45, 2.75) is 95.6 Å². The van der Waals surface area contributed by atoms with Crippen LogP contribution in [0.5, 0.6) is 0 Å². The molecule has 6 rings (SSSR count). The van der Waals surface area contributed by atoms with Crippen molar-refractivity contribution in [3.05, 3.63) is 18.2 Å². The average molecular weight is 496 g/mol. The zero-order chi connectivity index (χ0) is 24.6. The number of hydrogen-bond acceptors (Lipinski definition) is 5. The van der Waals surface area contributed by atoms with E-state index in [1.54, 1.807) is 11.8 Å². The highest BCUT2D eigenvalue weighted by Gasteiger charge is 2.61. The van der Waals surface area contributed by atoms with Gasteiger partial charge in [-0.3, -0.25) is 4.79 Å². The quantitative estimate of drug-likeness (QED) is 0.517. The summed E-state index contributed by atoms with van der Waals surface area (Å²) < 4.78 is 1.83. The molecule has 0 spiro atoms. The number of aromatic nitrogens is 3. The fourth-order valence-electron chi connectivity index (χ4n) is 9.41. The van der Waals surface area contributed by atoms with Crippen LogP contribution in [0, 0.1) is 40.4 Å². The molecule has 0 amide bonds. The van der Waals surface area contributed by atoms with Crippen LogP contribution in [0.15, 0.2) is 23.1 Å². The van der Waals surface area contributed by atoms with Crippen molar-refractivity contribution in [1.82, 2.24) is 15.0 Å². The SMILES string of the molecule is CSc1ccc2nnn(CC(=O)[C@H]3CC[C@H]4[C@@H]5CC[C@H]6C[C@](C)(O)CC[C@]6(C)[C@H]5CC[C@]34C)c2c1. The van der Waals surface area contributed by atoms with E-state index < -0.39 is 5.60 Å². The first-order chi connectivity index (χ1) is 16.6. The van der Waals surface area contributed by atoms with Gasteiger partial charge in [-0.15, -0.1) is 16.9 Å². The van der Waals surface area contributed by atoms with Gasteiger partial charge in [-0.2, -0.15) is 0 Å². The van der Waals surface area contributed by atoms with Crippen molar-refractivity contribution in [1.29, 1.82) is 0 Å². The summed E-state index contributed by atoms with van der Waals surface area (Å²) in [6, 6.07) is 6.18. The Morgan fingerprint density at radius 3 is 2.66 bits per heavy atom. The number of hydrogen-bond donors (Lipinski definition) is 1. The van der Waals surface area contributed by atoms with Crippen LogP contribution in [0.4, 0.5) is 0 Å². The van der Waals surface area contributed by atoms with Crippen molar-refractivity contribution >= 4 is 28.6 Å². The molecule has 0 bridgehead atoms. The van der Waals surface area contributed by atoms with Gasteiger partial charge in [0.25, 0.3) is 0 Å². The molecule has 4 aliphatic rings. The maximum Gasteiger partial charge on any atom is 0.157 e. The molecule has 1 aromatic carbocycles. The number of fused-ring (bicyclic) bond motifs is 6. The fourth-order valence-corrected chi connectivity index (χ4v) is 9.84. The minimum atomic E-state index is -0.479. The van der Waals surface area contributed by atoms with Gasteiger partial charge in [0, 0.05) is 10.8 Å². The second kappa shape index (κ2) is 8.31. The lowest BCUT2D eigenvalue weighted by Crippen LogP contribution is -2.55. The Kier molecular flexibility index (Phi) is 5.69. The Hall–Kier alpha value is -1.40. The molecule has 8 atom stereocenters. The number of Topliss-reactive ketones (excluding diaryl/α,β-unsaturated/α-hetero) is 1. The van der Waals surface area contributed by atoms with Gasteiger partial charge in [0.1, 0.15) is 12.1 Å². The highest BCUT2D eigenvalue weighted by molar-refractivity contribution is 7.98. The molecule has 4 saturated carbocycles. The third-order valence-corrected chi connectivity index (χ3v) is 12.1. The molecule has 4 aliphatic carbocycles. The Bertz CT molecular complexity index is 1140. The summed E-state index contributed by atoms with van der Waals surface area (Å²) in [5, 5.41) is 19.4.